The molecular weight excluding hydrogens is 242 g/mol. The molecule has 0 saturated heterocycles. The summed E-state index contributed by atoms with van der Waals surface area (Å²) in [5.74, 6) is 2.47. The average molecular weight is 261 g/mol. The normalized spacial score (nSPS) is 10.4. The first-order valence-electron chi connectivity index (χ1n) is 6.32. The fourth-order valence-electron chi connectivity index (χ4n) is 1.82. The minimum Gasteiger partial charge on any atom is -0.493 e. The number of methoxy groups -OCH3 is 1. The van der Waals surface area contributed by atoms with Gasteiger partial charge in [0.1, 0.15) is 5.82 Å². The number of rotatable bonds is 7. The van der Waals surface area contributed by atoms with Gasteiger partial charge in [-0.15, -0.1) is 0 Å². The zero-order valence-corrected chi connectivity index (χ0v) is 11.3. The molecule has 0 bridgehead atoms. The number of aromatic nitrogens is 2. The number of hydrogen-bond donors (Lipinski definition) is 2. The third-order valence-electron chi connectivity index (χ3n) is 2.70. The Morgan fingerprint density at radius 1 is 1.26 bits per heavy atom. The van der Waals surface area contributed by atoms with E-state index in [2.05, 4.69) is 15.3 Å². The van der Waals surface area contributed by atoms with Gasteiger partial charge in [0.25, 0.3) is 0 Å². The van der Waals surface area contributed by atoms with Crippen LogP contribution in [0.3, 0.4) is 0 Å². The Kier molecular flexibility index (Phi) is 4.80. The summed E-state index contributed by atoms with van der Waals surface area (Å²) < 4.78 is 10.8. The highest BCUT2D eigenvalue weighted by Gasteiger charge is 2.05. The maximum absolute atomic E-state index is 5.55. The van der Waals surface area contributed by atoms with Crippen molar-refractivity contribution in [2.75, 3.05) is 13.7 Å². The Morgan fingerprint density at radius 3 is 2.84 bits per heavy atom. The van der Waals surface area contributed by atoms with Gasteiger partial charge in [-0.05, 0) is 24.6 Å². The first kappa shape index (κ1) is 13.4. The molecule has 19 heavy (non-hydrogen) atoms. The Bertz CT molecular complexity index is 497. The summed E-state index contributed by atoms with van der Waals surface area (Å²) >= 11 is 0. The van der Waals surface area contributed by atoms with Gasteiger partial charge < -0.3 is 19.8 Å². The smallest absolute Gasteiger partial charge is 0.161 e. The van der Waals surface area contributed by atoms with Crippen LogP contribution in [0.2, 0.25) is 0 Å². The number of H-pyrrole nitrogens is 1. The lowest BCUT2D eigenvalue weighted by molar-refractivity contribution is 0.310. The maximum Gasteiger partial charge on any atom is 0.161 e. The lowest BCUT2D eigenvalue weighted by Crippen LogP contribution is -2.13. The number of ether oxygens (including phenoxy) is 2. The van der Waals surface area contributed by atoms with Gasteiger partial charge in [-0.1, -0.05) is 6.07 Å². The molecule has 0 fully saturated rings. The van der Waals surface area contributed by atoms with E-state index in [1.807, 2.05) is 31.3 Å². The molecule has 2 rings (SSSR count). The van der Waals surface area contributed by atoms with Crippen LogP contribution in [0.15, 0.2) is 30.6 Å². The summed E-state index contributed by atoms with van der Waals surface area (Å²) in [4.78, 5) is 7.21. The van der Waals surface area contributed by atoms with Gasteiger partial charge in [0.05, 0.1) is 20.3 Å². The summed E-state index contributed by atoms with van der Waals surface area (Å²) in [6.45, 7) is 4.05. The van der Waals surface area contributed by atoms with Gasteiger partial charge >= 0.3 is 0 Å². The highest BCUT2D eigenvalue weighted by atomic mass is 16.5. The fraction of sp³-hybridized carbons (Fsp3) is 0.357. The van der Waals surface area contributed by atoms with Gasteiger partial charge in [-0.3, -0.25) is 0 Å². The summed E-state index contributed by atoms with van der Waals surface area (Å²) in [7, 11) is 1.65. The van der Waals surface area contributed by atoms with Crippen molar-refractivity contribution in [3.8, 4) is 11.5 Å². The molecule has 1 heterocycles. The number of aromatic amines is 1. The zero-order chi connectivity index (χ0) is 13.5. The van der Waals surface area contributed by atoms with E-state index < -0.39 is 0 Å². The Morgan fingerprint density at radius 2 is 2.16 bits per heavy atom. The molecule has 0 saturated carbocycles. The van der Waals surface area contributed by atoms with Crippen LogP contribution in [0.25, 0.3) is 0 Å². The Balaban J connectivity index is 1.94. The second-order valence-electron chi connectivity index (χ2n) is 4.06. The lowest BCUT2D eigenvalue weighted by atomic mass is 10.2. The molecule has 1 aromatic heterocycles. The molecular formula is C14H19N3O2. The van der Waals surface area contributed by atoms with E-state index in [1.165, 1.54) is 0 Å². The Labute approximate surface area is 113 Å². The number of imidazole rings is 1. The van der Waals surface area contributed by atoms with Crippen LogP contribution in [0.1, 0.15) is 18.3 Å². The first-order valence-corrected chi connectivity index (χ1v) is 6.32. The van der Waals surface area contributed by atoms with Gasteiger partial charge in [0, 0.05) is 18.9 Å². The van der Waals surface area contributed by atoms with Crippen molar-refractivity contribution in [1.29, 1.82) is 0 Å². The van der Waals surface area contributed by atoms with E-state index in [0.717, 1.165) is 29.4 Å². The quantitative estimate of drug-likeness (QED) is 0.801. The molecule has 0 spiro atoms. The molecule has 0 amide bonds. The summed E-state index contributed by atoms with van der Waals surface area (Å²) in [5.41, 5.74) is 1.15. The van der Waals surface area contributed by atoms with E-state index in [4.69, 9.17) is 9.47 Å². The highest BCUT2D eigenvalue weighted by molar-refractivity contribution is 5.42. The van der Waals surface area contributed by atoms with Crippen molar-refractivity contribution in [2.45, 2.75) is 20.0 Å². The average Bonchev–Trinajstić information content (AvgIpc) is 2.93. The van der Waals surface area contributed by atoms with Crippen LogP contribution >= 0.6 is 0 Å². The van der Waals surface area contributed by atoms with Crippen LogP contribution in [0.5, 0.6) is 11.5 Å². The summed E-state index contributed by atoms with van der Waals surface area (Å²) in [6, 6.07) is 5.95. The first-order chi connectivity index (χ1) is 9.33. The van der Waals surface area contributed by atoms with Crippen molar-refractivity contribution in [2.24, 2.45) is 0 Å². The molecule has 102 valence electrons. The van der Waals surface area contributed by atoms with Crippen molar-refractivity contribution in [3.05, 3.63) is 42.0 Å². The predicted octanol–water partition coefficient (Wildman–Crippen LogP) is 2.11. The van der Waals surface area contributed by atoms with Gasteiger partial charge in [-0.25, -0.2) is 4.98 Å². The number of hydrogen-bond acceptors (Lipinski definition) is 4. The van der Waals surface area contributed by atoms with Crippen molar-refractivity contribution in [3.63, 3.8) is 0 Å². The molecule has 0 unspecified atom stereocenters. The van der Waals surface area contributed by atoms with Crippen LogP contribution < -0.4 is 14.8 Å². The largest absolute Gasteiger partial charge is 0.493 e. The second-order valence-corrected chi connectivity index (χ2v) is 4.06. The van der Waals surface area contributed by atoms with Crippen molar-refractivity contribution < 1.29 is 9.47 Å². The second kappa shape index (κ2) is 6.80. The zero-order valence-electron chi connectivity index (χ0n) is 11.3. The number of benzene rings is 1. The molecule has 0 atom stereocenters. The Hall–Kier alpha value is -2.01. The highest BCUT2D eigenvalue weighted by Crippen LogP contribution is 2.27. The van der Waals surface area contributed by atoms with E-state index in [9.17, 15) is 0 Å². The monoisotopic (exact) mass is 261 g/mol. The minimum absolute atomic E-state index is 0.625. The van der Waals surface area contributed by atoms with Crippen molar-refractivity contribution in [1.82, 2.24) is 15.3 Å². The molecule has 5 nitrogen and oxygen atoms in total. The molecule has 5 heteroatoms. The third kappa shape index (κ3) is 3.72. The van der Waals surface area contributed by atoms with Crippen LogP contribution in [-0.4, -0.2) is 23.7 Å². The van der Waals surface area contributed by atoms with E-state index in [1.54, 1.807) is 13.3 Å². The van der Waals surface area contributed by atoms with Crippen LogP contribution in [0, 0.1) is 0 Å². The maximum atomic E-state index is 5.55. The number of nitrogens with one attached hydrogen (secondary N) is 2. The molecule has 2 N–H and O–H groups in total. The van der Waals surface area contributed by atoms with Crippen LogP contribution in [-0.2, 0) is 13.1 Å². The molecule has 1 aromatic carbocycles. The molecule has 2 aromatic rings. The van der Waals surface area contributed by atoms with E-state index >= 15 is 0 Å². The van der Waals surface area contributed by atoms with E-state index in [0.29, 0.717) is 13.2 Å². The van der Waals surface area contributed by atoms with E-state index in [-0.39, 0.29) is 0 Å². The predicted molar refractivity (Wildman–Crippen MR) is 73.3 cm³/mol. The number of nitrogens with zero attached hydrogens (tertiary/aromatic N) is 1. The van der Waals surface area contributed by atoms with Gasteiger partial charge in [0.15, 0.2) is 11.5 Å². The molecule has 0 aliphatic carbocycles. The lowest BCUT2D eigenvalue weighted by Gasteiger charge is -2.11. The standard InChI is InChI=1S/C14H19N3O2/c1-3-19-13-8-11(4-5-12(13)18-2)9-15-10-14-16-6-7-17-14/h4-8,15H,3,9-10H2,1-2H3,(H,16,17). The van der Waals surface area contributed by atoms with Crippen molar-refractivity contribution >= 4 is 0 Å². The summed E-state index contributed by atoms with van der Waals surface area (Å²) in [5, 5.41) is 3.32. The molecule has 0 aliphatic heterocycles. The SMILES string of the molecule is CCOc1cc(CNCc2ncc[nH]2)ccc1OC. The van der Waals surface area contributed by atoms with Gasteiger partial charge in [-0.2, -0.15) is 0 Å². The molecule has 0 aliphatic rings. The molecule has 0 radical (unpaired) electrons. The fourth-order valence-corrected chi connectivity index (χ4v) is 1.82. The topological polar surface area (TPSA) is 59.2 Å². The minimum atomic E-state index is 0.625. The van der Waals surface area contributed by atoms with Crippen LogP contribution in [0.4, 0.5) is 0 Å². The summed E-state index contributed by atoms with van der Waals surface area (Å²) in [6.07, 6.45) is 3.56. The third-order valence-corrected chi connectivity index (χ3v) is 2.70. The van der Waals surface area contributed by atoms with Gasteiger partial charge in [0.2, 0.25) is 0 Å².